The molecule has 1 aromatic heterocycles. The summed E-state index contributed by atoms with van der Waals surface area (Å²) >= 11 is 1.43. The second-order valence-electron chi connectivity index (χ2n) is 4.78. The van der Waals surface area contributed by atoms with Crippen molar-refractivity contribution in [1.82, 2.24) is 9.88 Å². The highest BCUT2D eigenvalue weighted by Crippen LogP contribution is 2.25. The van der Waals surface area contributed by atoms with Crippen LogP contribution in [-0.4, -0.2) is 35.4 Å². The molecule has 1 saturated heterocycles. The molecule has 2 heterocycles. The number of carbonyl (C=O) groups excluding carboxylic acids is 1. The zero-order valence-electron chi connectivity index (χ0n) is 10.3. The number of aromatic nitrogens is 1. The van der Waals surface area contributed by atoms with Gasteiger partial charge in [-0.25, -0.2) is 4.98 Å². The first-order chi connectivity index (χ1) is 8.13. The average molecular weight is 253 g/mol. The van der Waals surface area contributed by atoms with Gasteiger partial charge in [-0.1, -0.05) is 6.92 Å². The van der Waals surface area contributed by atoms with E-state index in [4.69, 9.17) is 5.73 Å². The van der Waals surface area contributed by atoms with Crippen molar-refractivity contribution in [2.75, 3.05) is 19.6 Å². The van der Waals surface area contributed by atoms with Crippen LogP contribution in [0.5, 0.6) is 0 Å². The van der Waals surface area contributed by atoms with Gasteiger partial charge in [0.25, 0.3) is 5.91 Å². The number of amides is 1. The van der Waals surface area contributed by atoms with Gasteiger partial charge in [-0.15, -0.1) is 11.3 Å². The summed E-state index contributed by atoms with van der Waals surface area (Å²) in [6.45, 7) is 6.39. The Labute approximate surface area is 106 Å². The summed E-state index contributed by atoms with van der Waals surface area (Å²) in [6.07, 6.45) is 1.05. The number of rotatable bonds is 2. The summed E-state index contributed by atoms with van der Waals surface area (Å²) < 4.78 is 0. The van der Waals surface area contributed by atoms with Gasteiger partial charge in [-0.3, -0.25) is 4.79 Å². The smallest absolute Gasteiger partial charge is 0.265 e. The molecule has 1 aromatic rings. The van der Waals surface area contributed by atoms with E-state index in [1.807, 2.05) is 11.8 Å². The Morgan fingerprint density at radius 2 is 2.47 bits per heavy atom. The van der Waals surface area contributed by atoms with Crippen molar-refractivity contribution < 1.29 is 4.79 Å². The van der Waals surface area contributed by atoms with E-state index in [-0.39, 0.29) is 5.91 Å². The van der Waals surface area contributed by atoms with Gasteiger partial charge in [0.15, 0.2) is 0 Å². The summed E-state index contributed by atoms with van der Waals surface area (Å²) in [4.78, 5) is 19.1. The predicted octanol–water partition coefficient (Wildman–Crippen LogP) is 1.51. The fraction of sp³-hybridized carbons (Fsp3) is 0.667. The number of likely N-dealkylation sites (tertiary alicyclic amines) is 1. The van der Waals surface area contributed by atoms with Gasteiger partial charge in [-0.05, 0) is 31.7 Å². The number of nitrogens with two attached hydrogens (primary N) is 1. The van der Waals surface area contributed by atoms with Crippen molar-refractivity contribution in [2.45, 2.75) is 20.3 Å². The summed E-state index contributed by atoms with van der Waals surface area (Å²) in [5, 5.41) is 0. The van der Waals surface area contributed by atoms with Gasteiger partial charge in [0.2, 0.25) is 0 Å². The maximum absolute atomic E-state index is 12.3. The number of hydrogen-bond donors (Lipinski definition) is 1. The summed E-state index contributed by atoms with van der Waals surface area (Å²) in [5.74, 6) is 1.17. The number of piperidine rings is 1. The minimum atomic E-state index is 0.121. The fourth-order valence-electron chi connectivity index (χ4n) is 2.29. The molecule has 94 valence electrons. The molecule has 2 rings (SSSR count). The number of aryl methyl sites for hydroxylation is 1. The highest BCUT2D eigenvalue weighted by Gasteiger charge is 2.29. The van der Waals surface area contributed by atoms with E-state index < -0.39 is 0 Å². The van der Waals surface area contributed by atoms with Gasteiger partial charge in [0.05, 0.1) is 11.2 Å². The zero-order valence-corrected chi connectivity index (χ0v) is 11.2. The average Bonchev–Trinajstić information content (AvgIpc) is 2.75. The molecule has 2 unspecified atom stereocenters. The van der Waals surface area contributed by atoms with Gasteiger partial charge in [-0.2, -0.15) is 0 Å². The first-order valence-corrected chi connectivity index (χ1v) is 6.91. The third-order valence-corrected chi connectivity index (χ3v) is 4.56. The molecule has 0 spiro atoms. The molecular weight excluding hydrogens is 234 g/mol. The van der Waals surface area contributed by atoms with Crippen LogP contribution in [0.15, 0.2) is 5.51 Å². The Morgan fingerprint density at radius 1 is 1.71 bits per heavy atom. The van der Waals surface area contributed by atoms with Crippen molar-refractivity contribution >= 4 is 17.2 Å². The van der Waals surface area contributed by atoms with Crippen LogP contribution in [0.1, 0.15) is 28.7 Å². The molecule has 1 aliphatic rings. The van der Waals surface area contributed by atoms with E-state index in [1.54, 1.807) is 5.51 Å². The van der Waals surface area contributed by atoms with Crippen LogP contribution in [0.4, 0.5) is 0 Å². The van der Waals surface area contributed by atoms with Crippen LogP contribution >= 0.6 is 11.3 Å². The molecule has 0 aliphatic carbocycles. The third kappa shape index (κ3) is 2.50. The monoisotopic (exact) mass is 253 g/mol. The summed E-state index contributed by atoms with van der Waals surface area (Å²) in [6, 6.07) is 0. The molecule has 5 heteroatoms. The van der Waals surface area contributed by atoms with Gasteiger partial charge in [0, 0.05) is 13.1 Å². The zero-order chi connectivity index (χ0) is 12.4. The van der Waals surface area contributed by atoms with E-state index in [9.17, 15) is 4.79 Å². The van der Waals surface area contributed by atoms with E-state index in [1.165, 1.54) is 11.3 Å². The number of hydrogen-bond acceptors (Lipinski definition) is 4. The van der Waals surface area contributed by atoms with Crippen LogP contribution in [0, 0.1) is 18.8 Å². The van der Waals surface area contributed by atoms with Gasteiger partial charge < -0.3 is 10.6 Å². The normalized spacial score (nSPS) is 25.0. The first kappa shape index (κ1) is 12.5. The molecule has 1 amide bonds. The Morgan fingerprint density at radius 3 is 3.06 bits per heavy atom. The molecule has 0 aromatic carbocycles. The fourth-order valence-corrected chi connectivity index (χ4v) is 3.06. The second kappa shape index (κ2) is 5.14. The van der Waals surface area contributed by atoms with E-state index in [2.05, 4.69) is 11.9 Å². The highest BCUT2D eigenvalue weighted by molar-refractivity contribution is 7.11. The Balaban J connectivity index is 2.09. The first-order valence-electron chi connectivity index (χ1n) is 6.03. The maximum atomic E-state index is 12.3. The molecule has 0 radical (unpaired) electrons. The molecule has 1 aliphatic heterocycles. The lowest BCUT2D eigenvalue weighted by molar-refractivity contribution is 0.0622. The topological polar surface area (TPSA) is 59.2 Å². The molecule has 0 bridgehead atoms. The molecule has 17 heavy (non-hydrogen) atoms. The Hall–Kier alpha value is -0.940. The van der Waals surface area contributed by atoms with Crippen LogP contribution in [-0.2, 0) is 0 Å². The molecule has 1 fully saturated rings. The van der Waals surface area contributed by atoms with Crippen LogP contribution < -0.4 is 5.73 Å². The number of thiazole rings is 1. The van der Waals surface area contributed by atoms with Crippen LogP contribution in [0.3, 0.4) is 0 Å². The molecule has 4 nitrogen and oxygen atoms in total. The van der Waals surface area contributed by atoms with Crippen molar-refractivity contribution in [3.05, 3.63) is 16.1 Å². The highest BCUT2D eigenvalue weighted by atomic mass is 32.1. The lowest BCUT2D eigenvalue weighted by Crippen LogP contribution is -2.45. The van der Waals surface area contributed by atoms with E-state index >= 15 is 0 Å². The van der Waals surface area contributed by atoms with Crippen molar-refractivity contribution in [2.24, 2.45) is 17.6 Å². The molecule has 2 N–H and O–H groups in total. The minimum absolute atomic E-state index is 0.121. The number of nitrogens with zero attached hydrogens (tertiary/aromatic N) is 2. The molecule has 0 saturated carbocycles. The van der Waals surface area contributed by atoms with Gasteiger partial charge >= 0.3 is 0 Å². The third-order valence-electron chi connectivity index (χ3n) is 3.64. The van der Waals surface area contributed by atoms with E-state index in [0.29, 0.717) is 18.4 Å². The van der Waals surface area contributed by atoms with Crippen molar-refractivity contribution in [3.8, 4) is 0 Å². The summed E-state index contributed by atoms with van der Waals surface area (Å²) in [5.41, 5.74) is 8.32. The van der Waals surface area contributed by atoms with E-state index in [0.717, 1.165) is 30.1 Å². The largest absolute Gasteiger partial charge is 0.338 e. The van der Waals surface area contributed by atoms with Gasteiger partial charge in [0.1, 0.15) is 4.88 Å². The van der Waals surface area contributed by atoms with Crippen molar-refractivity contribution in [1.29, 1.82) is 0 Å². The van der Waals surface area contributed by atoms with Crippen LogP contribution in [0.25, 0.3) is 0 Å². The lowest BCUT2D eigenvalue weighted by Gasteiger charge is -2.36. The minimum Gasteiger partial charge on any atom is -0.338 e. The molecular formula is C12H19N3OS. The summed E-state index contributed by atoms with van der Waals surface area (Å²) in [7, 11) is 0. The lowest BCUT2D eigenvalue weighted by atomic mass is 9.87. The van der Waals surface area contributed by atoms with Crippen molar-refractivity contribution in [3.63, 3.8) is 0 Å². The number of carbonyl (C=O) groups is 1. The molecule has 2 atom stereocenters. The quantitative estimate of drug-likeness (QED) is 0.869. The van der Waals surface area contributed by atoms with Crippen LogP contribution in [0.2, 0.25) is 0 Å². The maximum Gasteiger partial charge on any atom is 0.265 e. The standard InChI is InChI=1S/C12H19N3OS/c1-8-3-4-15(6-10(8)5-13)12(16)11-9(2)14-7-17-11/h7-8,10H,3-6,13H2,1-2H3. The Kier molecular flexibility index (Phi) is 3.79. The Bertz CT molecular complexity index is 404. The second-order valence-corrected chi connectivity index (χ2v) is 5.63. The predicted molar refractivity (Wildman–Crippen MR) is 69.1 cm³/mol. The SMILES string of the molecule is Cc1ncsc1C(=O)N1CCC(C)C(CN)C1.